The van der Waals surface area contributed by atoms with Gasteiger partial charge in [0, 0.05) is 25.2 Å². The van der Waals surface area contributed by atoms with Crippen LogP contribution in [0.25, 0.3) is 0 Å². The molecule has 0 unspecified atom stereocenters. The zero-order valence-corrected chi connectivity index (χ0v) is 15.3. The fourth-order valence-electron chi connectivity index (χ4n) is 3.38. The lowest BCUT2D eigenvalue weighted by molar-refractivity contribution is -0.126. The van der Waals surface area contributed by atoms with Crippen molar-refractivity contribution >= 4 is 17.5 Å². The smallest absolute Gasteiger partial charge is 0.227 e. The van der Waals surface area contributed by atoms with E-state index in [0.29, 0.717) is 19.5 Å². The first-order valence-corrected chi connectivity index (χ1v) is 9.32. The number of unbranched alkanes of at least 4 members (excludes halogenated alkanes) is 1. The third kappa shape index (κ3) is 4.72. The van der Waals surface area contributed by atoms with E-state index in [-0.39, 0.29) is 17.7 Å². The van der Waals surface area contributed by atoms with Crippen molar-refractivity contribution in [2.45, 2.75) is 32.6 Å². The van der Waals surface area contributed by atoms with Crippen LogP contribution in [0.3, 0.4) is 0 Å². The van der Waals surface area contributed by atoms with Crippen LogP contribution in [0.2, 0.25) is 0 Å². The molecule has 1 atom stereocenters. The summed E-state index contributed by atoms with van der Waals surface area (Å²) in [6.45, 7) is 3.14. The van der Waals surface area contributed by atoms with Crippen LogP contribution in [-0.4, -0.2) is 24.9 Å². The van der Waals surface area contributed by atoms with Crippen molar-refractivity contribution < 1.29 is 9.59 Å². The van der Waals surface area contributed by atoms with Crippen molar-refractivity contribution in [3.63, 3.8) is 0 Å². The molecule has 26 heavy (non-hydrogen) atoms. The predicted octanol–water partition coefficient (Wildman–Crippen LogP) is 3.49. The number of amides is 2. The third-order valence-electron chi connectivity index (χ3n) is 4.84. The van der Waals surface area contributed by atoms with Crippen molar-refractivity contribution in [3.8, 4) is 0 Å². The Morgan fingerprint density at radius 1 is 1.12 bits per heavy atom. The Labute approximate surface area is 155 Å². The number of nitrogens with zero attached hydrogens (tertiary/aromatic N) is 1. The maximum absolute atomic E-state index is 12.4. The molecule has 0 bridgehead atoms. The summed E-state index contributed by atoms with van der Waals surface area (Å²) in [5.41, 5.74) is 3.32. The average Bonchev–Trinajstić information content (AvgIpc) is 3.04. The van der Waals surface area contributed by atoms with E-state index in [1.807, 2.05) is 49.4 Å². The van der Waals surface area contributed by atoms with E-state index in [4.69, 9.17) is 0 Å². The molecule has 2 aromatic carbocycles. The van der Waals surface area contributed by atoms with Gasteiger partial charge in [-0.1, -0.05) is 42.5 Å². The van der Waals surface area contributed by atoms with Gasteiger partial charge in [-0.3, -0.25) is 9.59 Å². The van der Waals surface area contributed by atoms with E-state index in [1.54, 1.807) is 4.90 Å². The summed E-state index contributed by atoms with van der Waals surface area (Å²) in [5, 5.41) is 3.00. The molecule has 4 nitrogen and oxygen atoms in total. The minimum Gasteiger partial charge on any atom is -0.356 e. The highest BCUT2D eigenvalue weighted by atomic mass is 16.2. The Bertz CT molecular complexity index is 758. The molecule has 136 valence electrons. The second kappa shape index (κ2) is 8.65. The number of hydrogen-bond donors (Lipinski definition) is 1. The highest BCUT2D eigenvalue weighted by molar-refractivity contribution is 6.00. The van der Waals surface area contributed by atoms with Gasteiger partial charge in [0.15, 0.2) is 0 Å². The maximum atomic E-state index is 12.4. The van der Waals surface area contributed by atoms with Gasteiger partial charge >= 0.3 is 0 Å². The lowest BCUT2D eigenvalue weighted by atomic mass is 10.1. The molecule has 1 fully saturated rings. The number of nitrogens with one attached hydrogen (secondary N) is 1. The van der Waals surface area contributed by atoms with Crippen LogP contribution in [0.1, 0.15) is 30.4 Å². The highest BCUT2D eigenvalue weighted by Gasteiger charge is 2.34. The predicted molar refractivity (Wildman–Crippen MR) is 104 cm³/mol. The number of benzene rings is 2. The monoisotopic (exact) mass is 350 g/mol. The first kappa shape index (κ1) is 18.2. The van der Waals surface area contributed by atoms with Crippen molar-refractivity contribution in [2.24, 2.45) is 5.92 Å². The molecule has 3 rings (SSSR count). The fourth-order valence-corrected chi connectivity index (χ4v) is 3.38. The summed E-state index contributed by atoms with van der Waals surface area (Å²) in [6, 6.07) is 18.2. The number of rotatable bonds is 7. The van der Waals surface area contributed by atoms with Crippen LogP contribution in [0, 0.1) is 12.8 Å². The summed E-state index contributed by atoms with van der Waals surface area (Å²) in [4.78, 5) is 26.4. The Balaban J connectivity index is 1.42. The molecule has 0 aliphatic carbocycles. The average molecular weight is 350 g/mol. The first-order valence-electron chi connectivity index (χ1n) is 9.32. The lowest BCUT2D eigenvalue weighted by Crippen LogP contribution is -2.33. The van der Waals surface area contributed by atoms with E-state index in [1.165, 1.54) is 5.56 Å². The first-order chi connectivity index (χ1) is 12.6. The Morgan fingerprint density at radius 3 is 2.69 bits per heavy atom. The molecule has 0 aromatic heterocycles. The van der Waals surface area contributed by atoms with E-state index in [0.717, 1.165) is 30.5 Å². The largest absolute Gasteiger partial charge is 0.356 e. The van der Waals surface area contributed by atoms with Gasteiger partial charge in [0.1, 0.15) is 0 Å². The molecule has 1 aliphatic heterocycles. The van der Waals surface area contributed by atoms with Crippen molar-refractivity contribution in [2.75, 3.05) is 18.0 Å². The van der Waals surface area contributed by atoms with Gasteiger partial charge in [0.2, 0.25) is 11.8 Å². The third-order valence-corrected chi connectivity index (χ3v) is 4.84. The molecule has 1 saturated heterocycles. The number of anilines is 1. The zero-order valence-electron chi connectivity index (χ0n) is 15.3. The second-order valence-corrected chi connectivity index (χ2v) is 6.98. The summed E-state index contributed by atoms with van der Waals surface area (Å²) in [5.74, 6) is -0.231. The minimum atomic E-state index is -0.253. The van der Waals surface area contributed by atoms with Crippen molar-refractivity contribution in [3.05, 3.63) is 65.7 Å². The van der Waals surface area contributed by atoms with Gasteiger partial charge in [-0.2, -0.15) is 0 Å². The summed E-state index contributed by atoms with van der Waals surface area (Å²) in [7, 11) is 0. The minimum absolute atomic E-state index is 0.00628. The Hall–Kier alpha value is -2.62. The second-order valence-electron chi connectivity index (χ2n) is 6.98. The molecular weight excluding hydrogens is 324 g/mol. The standard InChI is InChI=1S/C22H26N2O2/c1-17-8-7-12-20(14-17)24-16-19(15-21(24)25)22(26)23-13-6-5-11-18-9-3-2-4-10-18/h2-4,7-10,12,14,19H,5-6,11,13,15-16H2,1H3,(H,23,26)/t19-/m0/s1. The molecule has 2 aromatic rings. The van der Waals surface area contributed by atoms with Gasteiger partial charge in [-0.15, -0.1) is 0 Å². The van der Waals surface area contributed by atoms with Crippen LogP contribution in [0.5, 0.6) is 0 Å². The molecule has 1 N–H and O–H groups in total. The molecule has 1 heterocycles. The summed E-state index contributed by atoms with van der Waals surface area (Å²) >= 11 is 0. The van der Waals surface area contributed by atoms with Gasteiger partial charge < -0.3 is 10.2 Å². The number of aryl methyl sites for hydroxylation is 2. The zero-order chi connectivity index (χ0) is 18.4. The van der Waals surface area contributed by atoms with Crippen LogP contribution in [-0.2, 0) is 16.0 Å². The quantitative estimate of drug-likeness (QED) is 0.777. The van der Waals surface area contributed by atoms with E-state index < -0.39 is 0 Å². The molecule has 0 spiro atoms. The van der Waals surface area contributed by atoms with Crippen molar-refractivity contribution in [1.82, 2.24) is 5.32 Å². The topological polar surface area (TPSA) is 49.4 Å². The van der Waals surface area contributed by atoms with Gasteiger partial charge in [-0.05, 0) is 49.4 Å². The molecule has 0 radical (unpaired) electrons. The van der Waals surface area contributed by atoms with Crippen molar-refractivity contribution in [1.29, 1.82) is 0 Å². The normalized spacial score (nSPS) is 16.7. The van der Waals surface area contributed by atoms with Gasteiger partial charge in [0.05, 0.1) is 5.92 Å². The molecule has 0 saturated carbocycles. The Kier molecular flexibility index (Phi) is 6.05. The van der Waals surface area contributed by atoms with Crippen LogP contribution < -0.4 is 10.2 Å². The van der Waals surface area contributed by atoms with Gasteiger partial charge in [-0.25, -0.2) is 0 Å². The van der Waals surface area contributed by atoms with E-state index in [2.05, 4.69) is 17.4 Å². The van der Waals surface area contributed by atoms with Crippen LogP contribution >= 0.6 is 0 Å². The molecule has 2 amide bonds. The molecule has 1 aliphatic rings. The van der Waals surface area contributed by atoms with E-state index >= 15 is 0 Å². The summed E-state index contributed by atoms with van der Waals surface area (Å²) < 4.78 is 0. The van der Waals surface area contributed by atoms with Crippen LogP contribution in [0.4, 0.5) is 5.69 Å². The Morgan fingerprint density at radius 2 is 1.92 bits per heavy atom. The highest BCUT2D eigenvalue weighted by Crippen LogP contribution is 2.25. The van der Waals surface area contributed by atoms with Crippen LogP contribution in [0.15, 0.2) is 54.6 Å². The molecular formula is C22H26N2O2. The molecule has 4 heteroatoms. The van der Waals surface area contributed by atoms with E-state index in [9.17, 15) is 9.59 Å². The fraction of sp³-hybridized carbons (Fsp3) is 0.364. The van der Waals surface area contributed by atoms with Gasteiger partial charge in [0.25, 0.3) is 0 Å². The SMILES string of the molecule is Cc1cccc(N2C[C@@H](C(=O)NCCCCc3ccccc3)CC2=O)c1. The number of hydrogen-bond acceptors (Lipinski definition) is 2. The summed E-state index contributed by atoms with van der Waals surface area (Å²) in [6.07, 6.45) is 3.32. The number of carbonyl (C=O) groups is 2. The lowest BCUT2D eigenvalue weighted by Gasteiger charge is -2.17. The number of carbonyl (C=O) groups excluding carboxylic acids is 2. The maximum Gasteiger partial charge on any atom is 0.227 e.